The second kappa shape index (κ2) is 8.98. The lowest BCUT2D eigenvalue weighted by atomic mass is 9.97. The van der Waals surface area contributed by atoms with Crippen molar-refractivity contribution < 1.29 is 9.47 Å². The molecule has 0 aliphatic carbocycles. The number of rotatable bonds is 4. The average Bonchev–Trinajstić information content (AvgIpc) is 3.32. The van der Waals surface area contributed by atoms with Crippen LogP contribution in [0.15, 0.2) is 42.6 Å². The zero-order valence-electron chi connectivity index (χ0n) is 19.6. The number of methoxy groups -OCH3 is 1. The molecule has 1 atom stereocenters. The van der Waals surface area contributed by atoms with Crippen LogP contribution < -0.4 is 25.8 Å². The van der Waals surface area contributed by atoms with E-state index in [1.165, 1.54) is 0 Å². The molecule has 2 aromatic heterocycles. The van der Waals surface area contributed by atoms with E-state index < -0.39 is 0 Å². The second-order valence-electron chi connectivity index (χ2n) is 9.20. The Labute approximate surface area is 207 Å². The molecule has 4 heterocycles. The fourth-order valence-corrected chi connectivity index (χ4v) is 6.04. The van der Waals surface area contributed by atoms with Crippen LogP contribution >= 0.6 is 11.3 Å². The number of fused-ring (bicyclic) bond motifs is 2. The molecule has 2 aliphatic rings. The van der Waals surface area contributed by atoms with Crippen LogP contribution in [0.5, 0.6) is 11.5 Å². The smallest absolute Gasteiger partial charge is 0.220 e. The molecular formula is C26H28N6O2S. The van der Waals surface area contributed by atoms with Gasteiger partial charge >= 0.3 is 0 Å². The van der Waals surface area contributed by atoms with Gasteiger partial charge in [0.2, 0.25) is 5.95 Å². The summed E-state index contributed by atoms with van der Waals surface area (Å²) in [5, 5.41) is 1.09. The van der Waals surface area contributed by atoms with Gasteiger partial charge in [0.1, 0.15) is 22.0 Å². The molecule has 0 spiro atoms. The van der Waals surface area contributed by atoms with Crippen LogP contribution in [0.4, 0.5) is 11.6 Å². The molecule has 4 N–H and O–H groups in total. The molecule has 1 unspecified atom stereocenters. The van der Waals surface area contributed by atoms with Crippen molar-refractivity contribution in [2.75, 3.05) is 37.4 Å². The summed E-state index contributed by atoms with van der Waals surface area (Å²) in [7, 11) is 1.69. The van der Waals surface area contributed by atoms with Gasteiger partial charge in [0, 0.05) is 36.8 Å². The highest BCUT2D eigenvalue weighted by molar-refractivity contribution is 7.18. The van der Waals surface area contributed by atoms with E-state index in [1.807, 2.05) is 18.2 Å². The standard InChI is InChI=1S/C26H28N6O2S/c1-33-19-2-3-22-16(11-19)10-17(14-34-22)25-31-24-21(32-8-5-18(27)6-9-32)12-15(13-23(24)35-25)20-4-7-29-26(28)30-20/h2-4,7,11-13,17-18H,5-6,8-10,14,27H2,1H3,(H2,28,29,30). The van der Waals surface area contributed by atoms with E-state index in [9.17, 15) is 0 Å². The number of nitrogens with zero attached hydrogens (tertiary/aromatic N) is 4. The quantitative estimate of drug-likeness (QED) is 0.443. The molecule has 0 radical (unpaired) electrons. The Morgan fingerprint density at radius 2 is 1.97 bits per heavy atom. The molecule has 35 heavy (non-hydrogen) atoms. The molecular weight excluding hydrogens is 460 g/mol. The van der Waals surface area contributed by atoms with Gasteiger partial charge < -0.3 is 25.8 Å². The first-order valence-electron chi connectivity index (χ1n) is 11.9. The highest BCUT2D eigenvalue weighted by Crippen LogP contribution is 2.41. The van der Waals surface area contributed by atoms with Crippen LogP contribution in [0, 0.1) is 0 Å². The largest absolute Gasteiger partial charge is 0.497 e. The number of piperidine rings is 1. The number of thiazole rings is 1. The van der Waals surface area contributed by atoms with Gasteiger partial charge in [-0.3, -0.25) is 0 Å². The highest BCUT2D eigenvalue weighted by atomic mass is 32.1. The number of ether oxygens (including phenoxy) is 2. The topological polar surface area (TPSA) is 112 Å². The summed E-state index contributed by atoms with van der Waals surface area (Å²) in [4.78, 5) is 16.1. The van der Waals surface area contributed by atoms with Crippen molar-refractivity contribution in [3.05, 3.63) is 53.2 Å². The summed E-state index contributed by atoms with van der Waals surface area (Å²) < 4.78 is 12.7. The van der Waals surface area contributed by atoms with Crippen molar-refractivity contribution >= 4 is 33.2 Å². The first-order valence-corrected chi connectivity index (χ1v) is 12.7. The van der Waals surface area contributed by atoms with Crippen molar-refractivity contribution in [2.45, 2.75) is 31.2 Å². The lowest BCUT2D eigenvalue weighted by Crippen LogP contribution is -2.39. The van der Waals surface area contributed by atoms with Crippen LogP contribution in [0.1, 0.15) is 29.3 Å². The van der Waals surface area contributed by atoms with Crippen LogP contribution in [0.25, 0.3) is 21.5 Å². The summed E-state index contributed by atoms with van der Waals surface area (Å²) in [6.45, 7) is 2.44. The van der Waals surface area contributed by atoms with Gasteiger partial charge in [-0.25, -0.2) is 15.0 Å². The van der Waals surface area contributed by atoms with E-state index in [0.717, 1.165) is 81.6 Å². The maximum absolute atomic E-state index is 6.19. The molecule has 0 saturated carbocycles. The van der Waals surface area contributed by atoms with Gasteiger partial charge in [-0.2, -0.15) is 0 Å². The number of aromatic nitrogens is 3. The minimum absolute atomic E-state index is 0.188. The Kier molecular flexibility index (Phi) is 5.66. The normalized spacial score (nSPS) is 18.3. The van der Waals surface area contributed by atoms with Crippen molar-refractivity contribution in [3.8, 4) is 22.8 Å². The van der Waals surface area contributed by atoms with Crippen molar-refractivity contribution in [3.63, 3.8) is 0 Å². The lowest BCUT2D eigenvalue weighted by molar-refractivity contribution is 0.261. The van der Waals surface area contributed by atoms with E-state index in [-0.39, 0.29) is 17.9 Å². The van der Waals surface area contributed by atoms with Gasteiger partial charge in [0.15, 0.2) is 0 Å². The zero-order valence-corrected chi connectivity index (χ0v) is 20.4. The minimum Gasteiger partial charge on any atom is -0.497 e. The van der Waals surface area contributed by atoms with Crippen LogP contribution in [0.3, 0.4) is 0 Å². The highest BCUT2D eigenvalue weighted by Gasteiger charge is 2.27. The second-order valence-corrected chi connectivity index (χ2v) is 10.3. The molecule has 4 aromatic rings. The van der Waals surface area contributed by atoms with Crippen LogP contribution in [-0.4, -0.2) is 47.8 Å². The maximum Gasteiger partial charge on any atom is 0.220 e. The van der Waals surface area contributed by atoms with Crippen LogP contribution in [-0.2, 0) is 6.42 Å². The fourth-order valence-electron chi connectivity index (χ4n) is 4.92. The van der Waals surface area contributed by atoms with Gasteiger partial charge in [-0.05, 0) is 61.2 Å². The van der Waals surface area contributed by atoms with Gasteiger partial charge in [0.25, 0.3) is 0 Å². The molecule has 2 aromatic carbocycles. The average molecular weight is 489 g/mol. The molecule has 1 fully saturated rings. The predicted molar refractivity (Wildman–Crippen MR) is 139 cm³/mol. The number of benzene rings is 2. The Morgan fingerprint density at radius 3 is 2.77 bits per heavy atom. The molecule has 0 amide bonds. The van der Waals surface area contributed by atoms with Gasteiger partial charge in [0.05, 0.1) is 29.8 Å². The maximum atomic E-state index is 6.19. The summed E-state index contributed by atoms with van der Waals surface area (Å²) in [5.74, 6) is 2.23. The van der Waals surface area contributed by atoms with E-state index in [1.54, 1.807) is 24.6 Å². The van der Waals surface area contributed by atoms with Crippen LogP contribution in [0.2, 0.25) is 0 Å². The number of nitrogens with two attached hydrogens (primary N) is 2. The Balaban J connectivity index is 1.41. The van der Waals surface area contributed by atoms with E-state index in [0.29, 0.717) is 6.61 Å². The molecule has 9 heteroatoms. The summed E-state index contributed by atoms with van der Waals surface area (Å²) >= 11 is 1.73. The molecule has 2 aliphatic heterocycles. The monoisotopic (exact) mass is 488 g/mol. The SMILES string of the molecule is COc1ccc2c(c1)CC(c1nc3c(N4CCC(N)CC4)cc(-c4ccnc(N)n4)cc3s1)CO2. The molecule has 6 rings (SSSR count). The molecule has 180 valence electrons. The Bertz CT molecular complexity index is 1380. The third kappa shape index (κ3) is 4.26. The van der Waals surface area contributed by atoms with Crippen molar-refractivity contribution in [1.82, 2.24) is 15.0 Å². The summed E-state index contributed by atoms with van der Waals surface area (Å²) in [6, 6.07) is 12.5. The Hall–Kier alpha value is -3.43. The first-order chi connectivity index (χ1) is 17.1. The van der Waals surface area contributed by atoms with Crippen molar-refractivity contribution in [2.24, 2.45) is 5.73 Å². The third-order valence-corrected chi connectivity index (χ3v) is 8.03. The minimum atomic E-state index is 0.188. The number of hydrogen-bond donors (Lipinski definition) is 2. The lowest BCUT2D eigenvalue weighted by Gasteiger charge is -2.32. The third-order valence-electron chi connectivity index (χ3n) is 6.86. The fraction of sp³-hybridized carbons (Fsp3) is 0.346. The molecule has 0 bridgehead atoms. The first kappa shape index (κ1) is 22.1. The molecule has 8 nitrogen and oxygen atoms in total. The number of nitrogen functional groups attached to an aromatic ring is 1. The van der Waals surface area contributed by atoms with Gasteiger partial charge in [-0.1, -0.05) is 0 Å². The van der Waals surface area contributed by atoms with E-state index >= 15 is 0 Å². The predicted octanol–water partition coefficient (Wildman–Crippen LogP) is 3.99. The number of anilines is 2. The van der Waals surface area contributed by atoms with E-state index in [2.05, 4.69) is 33.1 Å². The Morgan fingerprint density at radius 1 is 1.11 bits per heavy atom. The van der Waals surface area contributed by atoms with E-state index in [4.69, 9.17) is 25.9 Å². The summed E-state index contributed by atoms with van der Waals surface area (Å²) in [6.07, 6.45) is 4.51. The number of hydrogen-bond acceptors (Lipinski definition) is 9. The zero-order chi connectivity index (χ0) is 23.9. The molecule has 1 saturated heterocycles. The van der Waals surface area contributed by atoms with Gasteiger partial charge in [-0.15, -0.1) is 11.3 Å². The van der Waals surface area contributed by atoms with Crippen molar-refractivity contribution in [1.29, 1.82) is 0 Å². The summed E-state index contributed by atoms with van der Waals surface area (Å²) in [5.41, 5.74) is 17.2.